The maximum Gasteiger partial charge on any atom is 0.253 e. The molecule has 0 radical (unpaired) electrons. The van der Waals surface area contributed by atoms with E-state index in [0.717, 1.165) is 28.5 Å². The summed E-state index contributed by atoms with van der Waals surface area (Å²) >= 11 is 0. The van der Waals surface area contributed by atoms with Crippen LogP contribution in [0.4, 0.5) is 0 Å². The number of hydrogen-bond acceptors (Lipinski definition) is 8. The number of nitrogens with two attached hydrogens (primary N) is 1. The van der Waals surface area contributed by atoms with Crippen LogP contribution in [0, 0.1) is 6.92 Å². The molecule has 3 aromatic carbocycles. The van der Waals surface area contributed by atoms with Crippen LogP contribution in [0.3, 0.4) is 0 Å². The van der Waals surface area contributed by atoms with Gasteiger partial charge < -0.3 is 40.1 Å². The third-order valence-electron chi connectivity index (χ3n) is 9.07. The van der Waals surface area contributed by atoms with Crippen molar-refractivity contribution in [2.75, 3.05) is 33.4 Å². The van der Waals surface area contributed by atoms with Crippen LogP contribution < -0.4 is 25.8 Å². The fourth-order valence-corrected chi connectivity index (χ4v) is 6.27. The lowest BCUT2D eigenvalue weighted by molar-refractivity contribution is -0.129. The molecule has 7 rings (SSSR count). The Morgan fingerprint density at radius 1 is 1.06 bits per heavy atom. The second-order valence-corrected chi connectivity index (χ2v) is 12.6. The zero-order valence-electron chi connectivity index (χ0n) is 29.0. The number of hydrogen-bond donors (Lipinski definition) is 4. The first kappa shape index (κ1) is 35.2. The fourth-order valence-electron chi connectivity index (χ4n) is 6.27. The summed E-state index contributed by atoms with van der Waals surface area (Å²) in [5.74, 6) is 1.24. The molecule has 0 spiro atoms. The van der Waals surface area contributed by atoms with Crippen LogP contribution in [-0.4, -0.2) is 72.0 Å². The quantitative estimate of drug-likeness (QED) is 0.199. The van der Waals surface area contributed by atoms with E-state index in [1.54, 1.807) is 31.1 Å². The number of methoxy groups -OCH3 is 1. The molecular formula is C39H44N6O6. The van der Waals surface area contributed by atoms with Crippen LogP contribution in [0.5, 0.6) is 11.5 Å². The molecule has 2 aliphatic rings. The van der Waals surface area contributed by atoms with Gasteiger partial charge in [0.2, 0.25) is 17.7 Å². The van der Waals surface area contributed by atoms with Gasteiger partial charge in [-0.3, -0.25) is 14.4 Å². The molecular weight excluding hydrogens is 648 g/mol. The summed E-state index contributed by atoms with van der Waals surface area (Å²) in [6.07, 6.45) is 3.95. The second-order valence-electron chi connectivity index (χ2n) is 12.6. The van der Waals surface area contributed by atoms with Crippen molar-refractivity contribution in [3.8, 4) is 23.0 Å². The van der Waals surface area contributed by atoms with E-state index in [9.17, 15) is 14.4 Å². The zero-order valence-corrected chi connectivity index (χ0v) is 29.0. The number of aryl methyl sites for hydroxylation is 1. The lowest BCUT2D eigenvalue weighted by Gasteiger charge is -2.24. The van der Waals surface area contributed by atoms with Crippen molar-refractivity contribution in [3.05, 3.63) is 101 Å². The summed E-state index contributed by atoms with van der Waals surface area (Å²) in [5.41, 5.74) is 10.4. The number of ether oxygens (including phenoxy) is 2. The largest absolute Gasteiger partial charge is 0.493 e. The normalized spacial score (nSPS) is 16.2. The number of aromatic nitrogens is 2. The minimum Gasteiger partial charge on any atom is -0.493 e. The lowest BCUT2D eigenvalue weighted by Crippen LogP contribution is -2.48. The first-order valence-corrected chi connectivity index (χ1v) is 17.3. The number of fused-ring (bicyclic) bond motifs is 16. The van der Waals surface area contributed by atoms with E-state index in [2.05, 4.69) is 20.6 Å². The minimum absolute atomic E-state index is 0.108. The van der Waals surface area contributed by atoms with E-state index in [4.69, 9.17) is 19.6 Å². The van der Waals surface area contributed by atoms with Gasteiger partial charge in [0.1, 0.15) is 17.5 Å². The average molecular weight is 693 g/mol. The van der Waals surface area contributed by atoms with Crippen LogP contribution in [0.15, 0.2) is 77.3 Å². The Morgan fingerprint density at radius 2 is 1.86 bits per heavy atom. The fraction of sp³-hybridized carbons (Fsp3) is 0.333. The van der Waals surface area contributed by atoms with E-state index in [1.807, 2.05) is 60.8 Å². The first-order chi connectivity index (χ1) is 24.8. The van der Waals surface area contributed by atoms with E-state index in [1.165, 1.54) is 0 Å². The molecule has 5 aromatic rings. The van der Waals surface area contributed by atoms with Crippen molar-refractivity contribution >= 4 is 28.6 Å². The summed E-state index contributed by atoms with van der Waals surface area (Å²) in [6, 6.07) is 19.9. The molecule has 2 aliphatic heterocycles. The molecule has 12 heteroatoms. The number of carbonyl (C=O) groups excluding carboxylic acids is 3. The maximum atomic E-state index is 13.7. The Hall–Kier alpha value is -5.62. The number of aromatic amines is 1. The van der Waals surface area contributed by atoms with E-state index in [0.29, 0.717) is 79.1 Å². The van der Waals surface area contributed by atoms with Crippen LogP contribution in [0.25, 0.3) is 22.4 Å². The molecule has 266 valence electrons. The molecule has 2 aromatic heterocycles. The number of carbonyl (C=O) groups is 3. The van der Waals surface area contributed by atoms with Gasteiger partial charge in [0.25, 0.3) is 5.91 Å². The average Bonchev–Trinajstić information content (AvgIpc) is 3.73. The number of benzene rings is 3. The molecule has 4 heterocycles. The number of H-pyrrole nitrogens is 1. The van der Waals surface area contributed by atoms with Gasteiger partial charge in [0.15, 0.2) is 11.5 Å². The van der Waals surface area contributed by atoms with E-state index >= 15 is 0 Å². The van der Waals surface area contributed by atoms with Crippen molar-refractivity contribution in [1.29, 1.82) is 0 Å². The Balaban J connectivity index is 1.26. The van der Waals surface area contributed by atoms with Gasteiger partial charge in [-0.05, 0) is 80.3 Å². The molecule has 0 saturated carbocycles. The van der Waals surface area contributed by atoms with Crippen molar-refractivity contribution in [2.24, 2.45) is 5.73 Å². The summed E-state index contributed by atoms with van der Waals surface area (Å²) in [5, 5.41) is 6.90. The Kier molecular flexibility index (Phi) is 11.3. The number of oxazole rings is 1. The van der Waals surface area contributed by atoms with Crippen molar-refractivity contribution in [3.63, 3.8) is 0 Å². The van der Waals surface area contributed by atoms with Gasteiger partial charge >= 0.3 is 0 Å². The standard InChI is InChI=1S/C39H44N6O6/c1-25-33-24-42-37(47)32(21-29-23-41-31-8-4-3-7-30(29)31)43-36(46)9-5-18-45(39(48)27-12-10-26(11-13-27)16-17-40)19-6-20-50-34-15-14-28(22-35(34)49-2)38(44-33)51-25/h3-4,7-8,10-15,22-23,32,41H,5-6,9,16-21,24,40H2,1-2H3,(H,42,47)(H,43,46)/t32-/m0/s1. The summed E-state index contributed by atoms with van der Waals surface area (Å²) in [7, 11) is 1.57. The van der Waals surface area contributed by atoms with Gasteiger partial charge in [0, 0.05) is 54.2 Å². The van der Waals surface area contributed by atoms with Crippen LogP contribution in [-0.2, 0) is 29.0 Å². The highest BCUT2D eigenvalue weighted by Crippen LogP contribution is 2.33. The van der Waals surface area contributed by atoms with Crippen LogP contribution >= 0.6 is 0 Å². The van der Waals surface area contributed by atoms with Gasteiger partial charge in [-0.25, -0.2) is 4.98 Å². The summed E-state index contributed by atoms with van der Waals surface area (Å²) < 4.78 is 17.7. The van der Waals surface area contributed by atoms with Gasteiger partial charge in [-0.1, -0.05) is 30.3 Å². The number of nitrogens with zero attached hydrogens (tertiary/aromatic N) is 2. The molecule has 4 bridgehead atoms. The highest BCUT2D eigenvalue weighted by atomic mass is 16.5. The molecule has 0 saturated heterocycles. The monoisotopic (exact) mass is 692 g/mol. The van der Waals surface area contributed by atoms with Crippen molar-refractivity contribution in [1.82, 2.24) is 25.5 Å². The third-order valence-corrected chi connectivity index (χ3v) is 9.07. The SMILES string of the molecule is COc1cc2ccc1OCCCN(C(=O)c1ccc(CCN)cc1)CCCC(=O)N[C@@H](Cc1c[nH]c3ccccc13)C(=O)NCc1nc-2oc1C. The zero-order chi connectivity index (χ0) is 35.7. The number of amides is 3. The predicted octanol–water partition coefficient (Wildman–Crippen LogP) is 4.69. The Labute approximate surface area is 296 Å². The van der Waals surface area contributed by atoms with Crippen molar-refractivity contribution < 1.29 is 28.3 Å². The molecule has 3 amide bonds. The molecule has 0 fully saturated rings. The smallest absolute Gasteiger partial charge is 0.253 e. The molecule has 5 N–H and O–H groups in total. The Bertz CT molecular complexity index is 1980. The number of rotatable bonds is 6. The summed E-state index contributed by atoms with van der Waals surface area (Å²) in [4.78, 5) is 50.5. The minimum atomic E-state index is -0.851. The lowest BCUT2D eigenvalue weighted by atomic mass is 10.0. The van der Waals surface area contributed by atoms with Gasteiger partial charge in [-0.2, -0.15) is 0 Å². The molecule has 51 heavy (non-hydrogen) atoms. The number of para-hydroxylation sites is 1. The summed E-state index contributed by atoms with van der Waals surface area (Å²) in [6.45, 7) is 3.52. The van der Waals surface area contributed by atoms with Crippen LogP contribution in [0.1, 0.15) is 52.2 Å². The third kappa shape index (κ3) is 8.58. The highest BCUT2D eigenvalue weighted by molar-refractivity contribution is 5.94. The second kappa shape index (κ2) is 16.4. The van der Waals surface area contributed by atoms with Gasteiger partial charge in [0.05, 0.1) is 20.3 Å². The topological polar surface area (TPSA) is 165 Å². The molecule has 0 aliphatic carbocycles. The first-order valence-electron chi connectivity index (χ1n) is 17.3. The van der Waals surface area contributed by atoms with E-state index in [-0.39, 0.29) is 37.1 Å². The molecule has 1 atom stereocenters. The molecule has 12 nitrogen and oxygen atoms in total. The predicted molar refractivity (Wildman–Crippen MR) is 193 cm³/mol. The van der Waals surface area contributed by atoms with Gasteiger partial charge in [-0.15, -0.1) is 0 Å². The maximum absolute atomic E-state index is 13.7. The van der Waals surface area contributed by atoms with Crippen molar-refractivity contribution in [2.45, 2.75) is 51.6 Å². The highest BCUT2D eigenvalue weighted by Gasteiger charge is 2.24. The van der Waals surface area contributed by atoms with E-state index < -0.39 is 6.04 Å². The molecule has 0 unspecified atom stereocenters. The Morgan fingerprint density at radius 3 is 2.67 bits per heavy atom. The number of nitrogens with one attached hydrogen (secondary N) is 3. The van der Waals surface area contributed by atoms with Crippen LogP contribution in [0.2, 0.25) is 0 Å².